The molecule has 0 saturated heterocycles. The van der Waals surface area contributed by atoms with Crippen molar-refractivity contribution >= 4 is 21.8 Å². The zero-order valence-electron chi connectivity index (χ0n) is 30.1. The molecule has 0 atom stereocenters. The second-order valence-electron chi connectivity index (χ2n) is 16.5. The molecular formula is C49H40N2. The fourth-order valence-electron chi connectivity index (χ4n) is 10.5. The van der Waals surface area contributed by atoms with Crippen LogP contribution in [0.3, 0.4) is 0 Å². The molecule has 0 spiro atoms. The molecule has 0 radical (unpaired) electrons. The fourth-order valence-corrected chi connectivity index (χ4v) is 10.5. The Bertz CT molecular complexity index is 2830. The second kappa shape index (κ2) is 9.38. The van der Waals surface area contributed by atoms with Crippen LogP contribution in [0.4, 0.5) is 0 Å². The first-order chi connectivity index (χ1) is 24.6. The van der Waals surface area contributed by atoms with Crippen LogP contribution in [0.2, 0.25) is 0 Å². The van der Waals surface area contributed by atoms with Crippen LogP contribution in [0.1, 0.15) is 69.5 Å². The number of aromatic nitrogens is 2. The van der Waals surface area contributed by atoms with Gasteiger partial charge < -0.3 is 9.13 Å². The van der Waals surface area contributed by atoms with Crippen LogP contribution in [-0.2, 0) is 16.4 Å². The van der Waals surface area contributed by atoms with Crippen LogP contribution in [0.15, 0.2) is 133 Å². The maximum atomic E-state index is 2.59. The topological polar surface area (TPSA) is 9.86 Å². The maximum absolute atomic E-state index is 2.59. The largest absolute Gasteiger partial charge is 0.330 e. The molecule has 0 unspecified atom stereocenters. The van der Waals surface area contributed by atoms with Gasteiger partial charge in [0.05, 0.1) is 22.4 Å². The summed E-state index contributed by atoms with van der Waals surface area (Å²) in [6.07, 6.45) is 0. The maximum Gasteiger partial charge on any atom is 0.0653 e. The Kier molecular flexibility index (Phi) is 5.37. The molecule has 3 aliphatic rings. The van der Waals surface area contributed by atoms with E-state index >= 15 is 0 Å². The van der Waals surface area contributed by atoms with Crippen LogP contribution in [0, 0.1) is 0 Å². The summed E-state index contributed by atoms with van der Waals surface area (Å²) in [5.74, 6) is 0. The Labute approximate surface area is 299 Å². The molecule has 0 amide bonds. The van der Waals surface area contributed by atoms with Crippen LogP contribution in [0.5, 0.6) is 0 Å². The number of fused-ring (bicyclic) bond motifs is 13. The van der Waals surface area contributed by atoms with Crippen LogP contribution < -0.4 is 0 Å². The highest BCUT2D eigenvalue weighted by atomic mass is 15.1. The molecule has 8 aromatic rings. The first-order valence-electron chi connectivity index (χ1n) is 18.4. The number of para-hydroxylation sites is 3. The molecule has 2 aromatic heterocycles. The van der Waals surface area contributed by atoms with Crippen molar-refractivity contribution in [1.82, 2.24) is 9.13 Å². The van der Waals surface area contributed by atoms with E-state index in [1.54, 1.807) is 0 Å². The van der Waals surface area contributed by atoms with Crippen molar-refractivity contribution in [2.24, 2.45) is 0 Å². The van der Waals surface area contributed by atoms with Gasteiger partial charge in [0.15, 0.2) is 0 Å². The van der Waals surface area contributed by atoms with Crippen molar-refractivity contribution in [3.05, 3.63) is 161 Å². The Morgan fingerprint density at radius 3 is 1.69 bits per heavy atom. The monoisotopic (exact) mass is 656 g/mol. The molecule has 4 heterocycles. The number of hydrogen-bond acceptors (Lipinski definition) is 0. The smallest absolute Gasteiger partial charge is 0.0653 e. The molecule has 2 aliphatic heterocycles. The number of nitrogens with zero attached hydrogens (tertiary/aromatic N) is 2. The minimum absolute atomic E-state index is 0.120. The van der Waals surface area contributed by atoms with Gasteiger partial charge in [-0.15, -0.1) is 0 Å². The highest BCUT2D eigenvalue weighted by Gasteiger charge is 2.43. The summed E-state index contributed by atoms with van der Waals surface area (Å²) in [7, 11) is 0. The lowest BCUT2D eigenvalue weighted by molar-refractivity contribution is 0.476. The third-order valence-corrected chi connectivity index (χ3v) is 12.8. The molecule has 2 nitrogen and oxygen atoms in total. The van der Waals surface area contributed by atoms with Gasteiger partial charge in [0, 0.05) is 49.5 Å². The number of rotatable bonds is 2. The van der Waals surface area contributed by atoms with Gasteiger partial charge in [-0.25, -0.2) is 0 Å². The van der Waals surface area contributed by atoms with Crippen molar-refractivity contribution in [3.63, 3.8) is 0 Å². The van der Waals surface area contributed by atoms with Gasteiger partial charge in [-0.3, -0.25) is 0 Å². The fraction of sp³-hybridized carbons (Fsp3) is 0.184. The molecule has 0 bridgehead atoms. The molecule has 6 aromatic carbocycles. The van der Waals surface area contributed by atoms with E-state index in [0.29, 0.717) is 0 Å². The van der Waals surface area contributed by atoms with E-state index in [9.17, 15) is 0 Å². The second-order valence-corrected chi connectivity index (χ2v) is 16.5. The quantitative estimate of drug-likeness (QED) is 0.175. The molecule has 2 heteroatoms. The Balaban J connectivity index is 1.10. The Morgan fingerprint density at radius 2 is 0.980 bits per heavy atom. The Morgan fingerprint density at radius 1 is 0.431 bits per heavy atom. The van der Waals surface area contributed by atoms with Gasteiger partial charge in [0.2, 0.25) is 0 Å². The lowest BCUT2D eigenvalue weighted by atomic mass is 9.78. The molecule has 246 valence electrons. The van der Waals surface area contributed by atoms with E-state index < -0.39 is 0 Å². The first kappa shape index (κ1) is 29.2. The number of benzene rings is 6. The van der Waals surface area contributed by atoms with Crippen molar-refractivity contribution in [2.45, 2.75) is 57.9 Å². The summed E-state index contributed by atoms with van der Waals surface area (Å²) >= 11 is 0. The van der Waals surface area contributed by atoms with Crippen LogP contribution in [-0.4, -0.2) is 9.13 Å². The average molecular weight is 657 g/mol. The van der Waals surface area contributed by atoms with E-state index in [4.69, 9.17) is 0 Å². The Hall–Kier alpha value is -5.60. The summed E-state index contributed by atoms with van der Waals surface area (Å²) in [5, 5.41) is 2.65. The van der Waals surface area contributed by atoms with Crippen molar-refractivity contribution in [2.75, 3.05) is 0 Å². The van der Waals surface area contributed by atoms with Gasteiger partial charge in [0.25, 0.3) is 0 Å². The lowest BCUT2D eigenvalue weighted by Crippen LogP contribution is -2.23. The molecule has 51 heavy (non-hydrogen) atoms. The van der Waals surface area contributed by atoms with E-state index in [-0.39, 0.29) is 16.4 Å². The highest BCUT2D eigenvalue weighted by Crippen LogP contribution is 2.57. The lowest BCUT2D eigenvalue weighted by Gasteiger charge is -2.24. The summed E-state index contributed by atoms with van der Waals surface area (Å²) in [6, 6.07) is 50.5. The third-order valence-electron chi connectivity index (χ3n) is 12.8. The standard InChI is InChI=1S/C49H40N2/c1-47(2)38-27-29(43-35-17-9-13-21-41(35)51-45(43)33-15-7-10-18-36(33)49(51,5)6)23-25-31(38)32-26-24-30(28-39(32)47)44-34-16-8-12-20-40(34)50-42-22-14-11-19-37(42)48(3,4)46(44)50/h7-28H,1-6H3. The predicted octanol–water partition coefficient (Wildman–Crippen LogP) is 12.6. The third kappa shape index (κ3) is 3.44. The summed E-state index contributed by atoms with van der Waals surface area (Å²) in [4.78, 5) is 0. The zero-order valence-corrected chi connectivity index (χ0v) is 30.1. The van der Waals surface area contributed by atoms with Crippen LogP contribution in [0.25, 0.3) is 72.1 Å². The van der Waals surface area contributed by atoms with Gasteiger partial charge in [-0.2, -0.15) is 0 Å². The van der Waals surface area contributed by atoms with E-state index in [0.717, 1.165) is 0 Å². The molecule has 0 saturated carbocycles. The molecule has 0 fully saturated rings. The minimum atomic E-state index is -0.163. The minimum Gasteiger partial charge on any atom is -0.330 e. The van der Waals surface area contributed by atoms with Crippen molar-refractivity contribution in [1.29, 1.82) is 0 Å². The summed E-state index contributed by atoms with van der Waals surface area (Å²) in [6.45, 7) is 14.4. The average Bonchev–Trinajstić information content (AvgIpc) is 3.86. The summed E-state index contributed by atoms with van der Waals surface area (Å²) < 4.78 is 5.11. The van der Waals surface area contributed by atoms with Gasteiger partial charge >= 0.3 is 0 Å². The first-order valence-corrected chi connectivity index (χ1v) is 18.4. The molecule has 11 rings (SSSR count). The number of hydrogen-bond donors (Lipinski definition) is 0. The van der Waals surface area contributed by atoms with Crippen LogP contribution >= 0.6 is 0 Å². The normalized spacial score (nSPS) is 16.5. The van der Waals surface area contributed by atoms with Gasteiger partial charge in [-0.1, -0.05) is 131 Å². The molecular weight excluding hydrogens is 617 g/mol. The SMILES string of the molecule is CC1(C)c2cc(-c3c4n(c5ccccc35)-c3ccccc3C4(C)C)ccc2-c2ccc(-c3c4n(c5ccccc35)C(C)(C)c3ccccc3-4)cc21. The van der Waals surface area contributed by atoms with Gasteiger partial charge in [0.1, 0.15) is 0 Å². The van der Waals surface area contributed by atoms with Crippen molar-refractivity contribution < 1.29 is 0 Å². The predicted molar refractivity (Wildman–Crippen MR) is 213 cm³/mol. The summed E-state index contributed by atoms with van der Waals surface area (Å²) in [5.41, 5.74) is 21.1. The highest BCUT2D eigenvalue weighted by molar-refractivity contribution is 6.07. The van der Waals surface area contributed by atoms with Gasteiger partial charge in [-0.05, 0) is 88.7 Å². The molecule has 1 aliphatic carbocycles. The van der Waals surface area contributed by atoms with Crippen molar-refractivity contribution in [3.8, 4) is 50.3 Å². The van der Waals surface area contributed by atoms with E-state index in [2.05, 4.69) is 184 Å². The van der Waals surface area contributed by atoms with E-state index in [1.807, 2.05) is 0 Å². The van der Waals surface area contributed by atoms with E-state index in [1.165, 1.54) is 100 Å². The molecule has 0 N–H and O–H groups in total. The zero-order chi connectivity index (χ0) is 34.6.